The third-order valence-electron chi connectivity index (χ3n) is 4.28. The van der Waals surface area contributed by atoms with Gasteiger partial charge in [-0.25, -0.2) is 0 Å². The summed E-state index contributed by atoms with van der Waals surface area (Å²) >= 11 is 0. The maximum atomic E-state index is 5.42. The Morgan fingerprint density at radius 1 is 1.20 bits per heavy atom. The molecule has 0 heterocycles. The van der Waals surface area contributed by atoms with Crippen LogP contribution in [0.2, 0.25) is 0 Å². The molecule has 0 fully saturated rings. The minimum atomic E-state index is 0. The van der Waals surface area contributed by atoms with Crippen molar-refractivity contribution in [2.75, 3.05) is 41.3 Å². The molecule has 1 rings (SSSR count). The summed E-state index contributed by atoms with van der Waals surface area (Å²) in [6, 6.07) is 8.71. The lowest BCUT2D eigenvalue weighted by Gasteiger charge is -2.24. The van der Waals surface area contributed by atoms with Crippen LogP contribution in [-0.4, -0.2) is 63.1 Å². The number of nitrogens with zero attached hydrogens (tertiary/aromatic N) is 3. The molecule has 0 bridgehead atoms. The van der Waals surface area contributed by atoms with Crippen LogP contribution in [0.15, 0.2) is 29.3 Å². The van der Waals surface area contributed by atoms with Crippen LogP contribution in [0.25, 0.3) is 0 Å². The largest absolute Gasteiger partial charge is 0.496 e. The van der Waals surface area contributed by atoms with Crippen LogP contribution in [0.4, 0.5) is 0 Å². The monoisotopic (exact) mass is 462 g/mol. The zero-order valence-electron chi connectivity index (χ0n) is 16.6. The highest BCUT2D eigenvalue weighted by atomic mass is 127. The van der Waals surface area contributed by atoms with Crippen molar-refractivity contribution >= 4 is 29.9 Å². The van der Waals surface area contributed by atoms with Gasteiger partial charge in [-0.15, -0.1) is 24.0 Å². The van der Waals surface area contributed by atoms with Gasteiger partial charge in [0.25, 0.3) is 0 Å². The number of hydrogen-bond acceptors (Lipinski definition) is 3. The Labute approximate surface area is 170 Å². The number of ether oxygens (including phenoxy) is 1. The summed E-state index contributed by atoms with van der Waals surface area (Å²) < 4.78 is 5.42. The minimum Gasteiger partial charge on any atom is -0.496 e. The number of hydrogen-bond donors (Lipinski definition) is 1. The van der Waals surface area contributed by atoms with Crippen molar-refractivity contribution in [1.29, 1.82) is 0 Å². The Bertz CT molecular complexity index is 508. The SMILES string of the molecule is CN=C(NCCCCN(C)C(C)C)N(C)Cc1ccccc1OC.I. The standard InChI is InChI=1S/C19H34N4O.HI/c1-16(2)22(4)14-10-9-13-21-19(20-3)23(5)15-17-11-7-8-12-18(17)24-6;/h7-8,11-12,16H,9-10,13-15H2,1-6H3,(H,20,21);1H. The summed E-state index contributed by atoms with van der Waals surface area (Å²) in [5.74, 6) is 1.83. The molecule has 0 aliphatic carbocycles. The Hall–Kier alpha value is -1.02. The molecule has 0 unspecified atom stereocenters. The van der Waals surface area contributed by atoms with Crippen LogP contribution in [-0.2, 0) is 6.54 Å². The number of nitrogens with one attached hydrogen (secondary N) is 1. The maximum absolute atomic E-state index is 5.42. The first kappa shape index (κ1) is 24.0. The molecule has 0 saturated heterocycles. The molecule has 0 spiro atoms. The number of unbranched alkanes of at least 4 members (excludes halogenated alkanes) is 1. The van der Waals surface area contributed by atoms with Gasteiger partial charge in [0, 0.05) is 38.8 Å². The topological polar surface area (TPSA) is 40.1 Å². The first-order chi connectivity index (χ1) is 11.5. The molecular formula is C19H35IN4O. The molecule has 0 saturated carbocycles. The van der Waals surface area contributed by atoms with Crippen molar-refractivity contribution in [3.8, 4) is 5.75 Å². The summed E-state index contributed by atoms with van der Waals surface area (Å²) in [5.41, 5.74) is 1.16. The second kappa shape index (κ2) is 13.2. The maximum Gasteiger partial charge on any atom is 0.193 e. The first-order valence-electron chi connectivity index (χ1n) is 8.73. The Balaban J connectivity index is 0.00000576. The summed E-state index contributed by atoms with van der Waals surface area (Å²) in [6.45, 7) is 7.30. The van der Waals surface area contributed by atoms with E-state index in [-0.39, 0.29) is 24.0 Å². The molecule has 0 aliphatic heterocycles. The van der Waals surface area contributed by atoms with Crippen LogP contribution in [0, 0.1) is 0 Å². The van der Waals surface area contributed by atoms with Gasteiger partial charge in [0.05, 0.1) is 7.11 Å². The average Bonchev–Trinajstić information content (AvgIpc) is 2.58. The zero-order valence-corrected chi connectivity index (χ0v) is 18.9. The van der Waals surface area contributed by atoms with Crippen molar-refractivity contribution in [1.82, 2.24) is 15.1 Å². The lowest BCUT2D eigenvalue weighted by molar-refractivity contribution is 0.268. The van der Waals surface area contributed by atoms with Crippen molar-refractivity contribution in [2.24, 2.45) is 4.99 Å². The number of halogens is 1. The van der Waals surface area contributed by atoms with E-state index in [1.807, 2.05) is 32.3 Å². The van der Waals surface area contributed by atoms with Gasteiger partial charge in [0.1, 0.15) is 5.75 Å². The summed E-state index contributed by atoms with van der Waals surface area (Å²) in [4.78, 5) is 8.88. The highest BCUT2D eigenvalue weighted by Crippen LogP contribution is 2.18. The van der Waals surface area contributed by atoms with E-state index in [1.165, 1.54) is 6.42 Å². The number of guanidine groups is 1. The van der Waals surface area contributed by atoms with Gasteiger partial charge in [-0.05, 0) is 46.3 Å². The molecule has 1 N–H and O–H groups in total. The third-order valence-corrected chi connectivity index (χ3v) is 4.28. The van der Waals surface area contributed by atoms with Gasteiger partial charge in [-0.3, -0.25) is 4.99 Å². The van der Waals surface area contributed by atoms with Gasteiger partial charge < -0.3 is 19.9 Å². The number of para-hydroxylation sites is 1. The quantitative estimate of drug-likeness (QED) is 0.264. The highest BCUT2D eigenvalue weighted by Gasteiger charge is 2.09. The Kier molecular flexibility index (Phi) is 12.7. The molecule has 0 radical (unpaired) electrons. The van der Waals surface area contributed by atoms with E-state index in [4.69, 9.17) is 4.74 Å². The van der Waals surface area contributed by atoms with Crippen LogP contribution >= 0.6 is 24.0 Å². The second-order valence-electron chi connectivity index (χ2n) is 6.42. The fourth-order valence-corrected chi connectivity index (χ4v) is 2.49. The summed E-state index contributed by atoms with van der Waals surface area (Å²) in [6.07, 6.45) is 2.33. The van der Waals surface area contributed by atoms with Gasteiger partial charge in [0.2, 0.25) is 0 Å². The van der Waals surface area contributed by atoms with Crippen LogP contribution in [0.5, 0.6) is 5.75 Å². The molecule has 1 aromatic rings. The predicted octanol–water partition coefficient (Wildman–Crippen LogP) is 3.44. The van der Waals surface area contributed by atoms with E-state index in [9.17, 15) is 0 Å². The van der Waals surface area contributed by atoms with Crippen molar-refractivity contribution in [3.05, 3.63) is 29.8 Å². The summed E-state index contributed by atoms with van der Waals surface area (Å²) in [5, 5.41) is 3.45. The Morgan fingerprint density at radius 2 is 1.88 bits per heavy atom. The molecule has 144 valence electrons. The molecule has 25 heavy (non-hydrogen) atoms. The average molecular weight is 462 g/mol. The van der Waals surface area contributed by atoms with E-state index >= 15 is 0 Å². The van der Waals surface area contributed by atoms with Crippen molar-refractivity contribution < 1.29 is 4.74 Å². The molecule has 1 aromatic carbocycles. The van der Waals surface area contributed by atoms with Gasteiger partial charge >= 0.3 is 0 Å². The van der Waals surface area contributed by atoms with Crippen LogP contribution < -0.4 is 10.1 Å². The van der Waals surface area contributed by atoms with Crippen molar-refractivity contribution in [3.63, 3.8) is 0 Å². The normalized spacial score (nSPS) is 11.4. The predicted molar refractivity (Wildman–Crippen MR) is 118 cm³/mol. The van der Waals surface area contributed by atoms with Gasteiger partial charge in [0.15, 0.2) is 5.96 Å². The van der Waals surface area contributed by atoms with E-state index in [2.05, 4.69) is 47.1 Å². The molecule has 5 nitrogen and oxygen atoms in total. The van der Waals surface area contributed by atoms with E-state index in [1.54, 1.807) is 7.11 Å². The molecular weight excluding hydrogens is 427 g/mol. The summed E-state index contributed by atoms with van der Waals surface area (Å²) in [7, 11) is 7.76. The fraction of sp³-hybridized carbons (Fsp3) is 0.632. The molecule has 0 amide bonds. The third kappa shape index (κ3) is 8.76. The molecule has 6 heteroatoms. The lowest BCUT2D eigenvalue weighted by atomic mass is 10.2. The van der Waals surface area contributed by atoms with Crippen LogP contribution in [0.3, 0.4) is 0 Å². The second-order valence-corrected chi connectivity index (χ2v) is 6.42. The minimum absolute atomic E-state index is 0. The molecule has 0 aliphatic rings. The van der Waals surface area contributed by atoms with Crippen molar-refractivity contribution in [2.45, 2.75) is 39.3 Å². The van der Waals surface area contributed by atoms with Gasteiger partial charge in [-0.2, -0.15) is 0 Å². The highest BCUT2D eigenvalue weighted by molar-refractivity contribution is 14.0. The van der Waals surface area contributed by atoms with Crippen LogP contribution in [0.1, 0.15) is 32.3 Å². The fourth-order valence-electron chi connectivity index (χ4n) is 2.49. The van der Waals surface area contributed by atoms with Gasteiger partial charge in [-0.1, -0.05) is 18.2 Å². The molecule has 0 aromatic heterocycles. The number of aliphatic imine (C=N–C) groups is 1. The molecule has 0 atom stereocenters. The van der Waals surface area contributed by atoms with E-state index in [0.717, 1.165) is 43.3 Å². The zero-order chi connectivity index (χ0) is 17.9. The smallest absolute Gasteiger partial charge is 0.193 e. The number of methoxy groups -OCH3 is 1. The Morgan fingerprint density at radius 3 is 2.48 bits per heavy atom. The first-order valence-corrected chi connectivity index (χ1v) is 8.73. The number of rotatable bonds is 9. The van der Waals surface area contributed by atoms with E-state index in [0.29, 0.717) is 6.04 Å². The van der Waals surface area contributed by atoms with E-state index < -0.39 is 0 Å². The lowest BCUT2D eigenvalue weighted by Crippen LogP contribution is -2.39. The number of benzene rings is 1.